The van der Waals surface area contributed by atoms with E-state index in [-0.39, 0.29) is 0 Å². The Bertz CT molecular complexity index is 617. The number of hydrogen-bond acceptors (Lipinski definition) is 2. The van der Waals surface area contributed by atoms with Gasteiger partial charge in [0.2, 0.25) is 0 Å². The molecule has 1 aliphatic rings. The molecular formula is C17H20N2. The summed E-state index contributed by atoms with van der Waals surface area (Å²) in [5, 5.41) is 0. The zero-order valence-electron chi connectivity index (χ0n) is 11.6. The Kier molecular flexibility index (Phi) is 2.94. The minimum absolute atomic E-state index is 0.866. The number of hydrogen-bond donors (Lipinski definition) is 1. The van der Waals surface area contributed by atoms with E-state index in [1.165, 1.54) is 35.3 Å². The lowest BCUT2D eigenvalue weighted by molar-refractivity contribution is 0.766. The van der Waals surface area contributed by atoms with Gasteiger partial charge < -0.3 is 10.6 Å². The van der Waals surface area contributed by atoms with Gasteiger partial charge in [0.15, 0.2) is 0 Å². The zero-order valence-corrected chi connectivity index (χ0v) is 11.6. The summed E-state index contributed by atoms with van der Waals surface area (Å²) in [5.41, 5.74) is 13.3. The molecule has 0 saturated heterocycles. The fourth-order valence-corrected chi connectivity index (χ4v) is 2.82. The highest BCUT2D eigenvalue weighted by Crippen LogP contribution is 2.34. The van der Waals surface area contributed by atoms with Crippen LogP contribution >= 0.6 is 0 Å². The summed E-state index contributed by atoms with van der Waals surface area (Å²) in [6.07, 6.45) is 2.39. The van der Waals surface area contributed by atoms with Gasteiger partial charge in [-0.15, -0.1) is 0 Å². The van der Waals surface area contributed by atoms with Crippen LogP contribution in [-0.4, -0.2) is 6.54 Å². The van der Waals surface area contributed by atoms with Crippen molar-refractivity contribution in [2.45, 2.75) is 26.7 Å². The maximum atomic E-state index is 5.91. The van der Waals surface area contributed by atoms with Gasteiger partial charge in [0.05, 0.1) is 0 Å². The Labute approximate surface area is 114 Å². The quantitative estimate of drug-likeness (QED) is 0.778. The molecule has 0 spiro atoms. The number of rotatable bonds is 1. The number of benzene rings is 2. The predicted octanol–water partition coefficient (Wildman–Crippen LogP) is 3.97. The Morgan fingerprint density at radius 3 is 2.68 bits per heavy atom. The molecule has 0 aromatic heterocycles. The molecule has 0 bridgehead atoms. The molecule has 2 heteroatoms. The Hall–Kier alpha value is -1.96. The monoisotopic (exact) mass is 252 g/mol. The SMILES string of the molecule is Cc1ccc2c(c1)CCCN2c1ccc(N)c(C)c1. The third kappa shape index (κ3) is 2.19. The average Bonchev–Trinajstić information content (AvgIpc) is 2.41. The fourth-order valence-electron chi connectivity index (χ4n) is 2.82. The van der Waals surface area contributed by atoms with Crippen LogP contribution in [0.3, 0.4) is 0 Å². The lowest BCUT2D eigenvalue weighted by Gasteiger charge is -2.32. The molecule has 0 aliphatic carbocycles. The van der Waals surface area contributed by atoms with Gasteiger partial charge in [0.1, 0.15) is 0 Å². The van der Waals surface area contributed by atoms with Crippen molar-refractivity contribution in [3.8, 4) is 0 Å². The van der Waals surface area contributed by atoms with Gasteiger partial charge in [0.25, 0.3) is 0 Å². The van der Waals surface area contributed by atoms with Crippen molar-refractivity contribution in [2.24, 2.45) is 0 Å². The van der Waals surface area contributed by atoms with E-state index in [1.54, 1.807) is 0 Å². The van der Waals surface area contributed by atoms with Gasteiger partial charge in [0, 0.05) is 23.6 Å². The highest BCUT2D eigenvalue weighted by atomic mass is 15.1. The van der Waals surface area contributed by atoms with E-state index in [4.69, 9.17) is 5.73 Å². The topological polar surface area (TPSA) is 29.3 Å². The van der Waals surface area contributed by atoms with E-state index >= 15 is 0 Å². The summed E-state index contributed by atoms with van der Waals surface area (Å²) >= 11 is 0. The number of anilines is 3. The van der Waals surface area contributed by atoms with Crippen molar-refractivity contribution in [2.75, 3.05) is 17.2 Å². The first-order chi connectivity index (χ1) is 9.15. The number of nitrogen functional groups attached to an aromatic ring is 1. The van der Waals surface area contributed by atoms with Crippen LogP contribution in [0.2, 0.25) is 0 Å². The second-order valence-electron chi connectivity index (χ2n) is 5.43. The third-order valence-corrected chi connectivity index (χ3v) is 3.92. The molecule has 2 N–H and O–H groups in total. The van der Waals surface area contributed by atoms with Crippen LogP contribution < -0.4 is 10.6 Å². The van der Waals surface area contributed by atoms with Gasteiger partial charge in [-0.1, -0.05) is 17.7 Å². The summed E-state index contributed by atoms with van der Waals surface area (Å²) in [7, 11) is 0. The first-order valence-corrected chi connectivity index (χ1v) is 6.88. The molecule has 2 nitrogen and oxygen atoms in total. The number of nitrogens with zero attached hydrogens (tertiary/aromatic N) is 1. The molecule has 0 atom stereocenters. The molecule has 0 radical (unpaired) electrons. The van der Waals surface area contributed by atoms with Crippen molar-refractivity contribution in [3.63, 3.8) is 0 Å². The highest BCUT2D eigenvalue weighted by molar-refractivity contribution is 5.70. The standard InChI is InChI=1S/C17H20N2/c1-12-5-8-17-14(10-12)4-3-9-19(17)15-6-7-16(18)13(2)11-15/h5-8,10-11H,3-4,9,18H2,1-2H3. The van der Waals surface area contributed by atoms with Crippen molar-refractivity contribution >= 4 is 17.1 Å². The van der Waals surface area contributed by atoms with Crippen LogP contribution in [0, 0.1) is 13.8 Å². The van der Waals surface area contributed by atoms with Crippen LogP contribution in [-0.2, 0) is 6.42 Å². The molecule has 3 rings (SSSR count). The minimum atomic E-state index is 0.866. The zero-order chi connectivity index (χ0) is 13.4. The van der Waals surface area contributed by atoms with Gasteiger partial charge in [-0.2, -0.15) is 0 Å². The first-order valence-electron chi connectivity index (χ1n) is 6.88. The van der Waals surface area contributed by atoms with Crippen LogP contribution in [0.25, 0.3) is 0 Å². The van der Waals surface area contributed by atoms with Gasteiger partial charge in [-0.05, 0) is 62.1 Å². The number of nitrogens with two attached hydrogens (primary N) is 1. The Morgan fingerprint density at radius 1 is 1.05 bits per heavy atom. The maximum absolute atomic E-state index is 5.91. The van der Waals surface area contributed by atoms with E-state index in [0.717, 1.165) is 17.8 Å². The molecule has 0 unspecified atom stereocenters. The summed E-state index contributed by atoms with van der Waals surface area (Å²) in [4.78, 5) is 2.41. The lowest BCUT2D eigenvalue weighted by atomic mass is 9.98. The predicted molar refractivity (Wildman–Crippen MR) is 82.1 cm³/mol. The lowest BCUT2D eigenvalue weighted by Crippen LogP contribution is -2.24. The second kappa shape index (κ2) is 4.61. The summed E-state index contributed by atoms with van der Waals surface area (Å²) in [6, 6.07) is 13.1. The van der Waals surface area contributed by atoms with Crippen LogP contribution in [0.5, 0.6) is 0 Å². The summed E-state index contributed by atoms with van der Waals surface area (Å²) in [5.74, 6) is 0. The largest absolute Gasteiger partial charge is 0.399 e. The molecule has 98 valence electrons. The maximum Gasteiger partial charge on any atom is 0.0443 e. The van der Waals surface area contributed by atoms with E-state index in [2.05, 4.69) is 49.1 Å². The Balaban J connectivity index is 2.05. The molecule has 19 heavy (non-hydrogen) atoms. The van der Waals surface area contributed by atoms with Crippen molar-refractivity contribution in [1.29, 1.82) is 0 Å². The second-order valence-corrected chi connectivity index (χ2v) is 5.43. The molecule has 1 heterocycles. The first kappa shape index (κ1) is 12.1. The van der Waals surface area contributed by atoms with Crippen molar-refractivity contribution in [1.82, 2.24) is 0 Å². The normalized spacial score (nSPS) is 14.3. The van der Waals surface area contributed by atoms with Gasteiger partial charge in [-0.3, -0.25) is 0 Å². The molecule has 2 aromatic carbocycles. The summed E-state index contributed by atoms with van der Waals surface area (Å²) in [6.45, 7) is 5.31. The van der Waals surface area contributed by atoms with E-state index in [1.807, 2.05) is 6.07 Å². The molecule has 1 aliphatic heterocycles. The van der Waals surface area contributed by atoms with Crippen molar-refractivity contribution in [3.05, 3.63) is 53.1 Å². The fraction of sp³-hybridized carbons (Fsp3) is 0.294. The Morgan fingerprint density at radius 2 is 1.89 bits per heavy atom. The molecule has 2 aromatic rings. The molecule has 0 amide bonds. The number of aryl methyl sites for hydroxylation is 3. The molecule has 0 saturated carbocycles. The minimum Gasteiger partial charge on any atom is -0.399 e. The highest BCUT2D eigenvalue weighted by Gasteiger charge is 2.18. The van der Waals surface area contributed by atoms with E-state index in [9.17, 15) is 0 Å². The van der Waals surface area contributed by atoms with Crippen LogP contribution in [0.4, 0.5) is 17.1 Å². The molecule has 0 fully saturated rings. The van der Waals surface area contributed by atoms with E-state index in [0.29, 0.717) is 0 Å². The van der Waals surface area contributed by atoms with E-state index < -0.39 is 0 Å². The van der Waals surface area contributed by atoms with Crippen LogP contribution in [0.15, 0.2) is 36.4 Å². The van der Waals surface area contributed by atoms with Crippen LogP contribution in [0.1, 0.15) is 23.1 Å². The molecular weight excluding hydrogens is 232 g/mol. The summed E-state index contributed by atoms with van der Waals surface area (Å²) < 4.78 is 0. The van der Waals surface area contributed by atoms with Gasteiger partial charge >= 0.3 is 0 Å². The smallest absolute Gasteiger partial charge is 0.0443 e. The number of fused-ring (bicyclic) bond motifs is 1. The third-order valence-electron chi connectivity index (χ3n) is 3.92. The van der Waals surface area contributed by atoms with Crippen molar-refractivity contribution < 1.29 is 0 Å². The average molecular weight is 252 g/mol. The van der Waals surface area contributed by atoms with Gasteiger partial charge in [-0.25, -0.2) is 0 Å².